The fourth-order valence-electron chi connectivity index (χ4n) is 6.25. The Morgan fingerprint density at radius 1 is 0.932 bits per heavy atom. The highest BCUT2D eigenvalue weighted by molar-refractivity contribution is 5.91. The van der Waals surface area contributed by atoms with Crippen LogP contribution in [-0.2, 0) is 20.7 Å². The summed E-state index contributed by atoms with van der Waals surface area (Å²) in [6, 6.07) is 10.4. The van der Waals surface area contributed by atoms with Crippen molar-refractivity contribution in [3.8, 4) is 0 Å². The van der Waals surface area contributed by atoms with Gasteiger partial charge in [-0.05, 0) is 62.6 Å². The summed E-state index contributed by atoms with van der Waals surface area (Å²) >= 11 is 0. The fourth-order valence-corrected chi connectivity index (χ4v) is 6.25. The number of alkyl carbamates (subject to hydrolysis) is 1. The van der Waals surface area contributed by atoms with E-state index in [2.05, 4.69) is 22.9 Å². The summed E-state index contributed by atoms with van der Waals surface area (Å²) in [6.45, 7) is 11.3. The van der Waals surface area contributed by atoms with Gasteiger partial charge in [-0.2, -0.15) is 0 Å². The van der Waals surface area contributed by atoms with Gasteiger partial charge < -0.3 is 30.2 Å². The van der Waals surface area contributed by atoms with E-state index in [1.165, 1.54) is 12.7 Å². The van der Waals surface area contributed by atoms with E-state index in [4.69, 9.17) is 9.15 Å². The Morgan fingerprint density at radius 3 is 2.16 bits per heavy atom. The number of hydrogen-bond acceptors (Lipinski definition) is 6. The van der Waals surface area contributed by atoms with Crippen LogP contribution in [0.2, 0.25) is 0 Å². The number of amides is 3. The quantitative estimate of drug-likeness (QED) is 0.205. The molecule has 0 spiro atoms. The van der Waals surface area contributed by atoms with Crippen LogP contribution in [0.15, 0.2) is 53.1 Å². The van der Waals surface area contributed by atoms with Gasteiger partial charge in [-0.3, -0.25) is 9.59 Å². The van der Waals surface area contributed by atoms with Gasteiger partial charge in [0.05, 0.1) is 12.3 Å². The number of rotatable bonds is 14. The molecule has 0 bridgehead atoms. The summed E-state index contributed by atoms with van der Waals surface area (Å²) in [5.74, 6) is 0.0461. The molecular weight excluding hydrogens is 558 g/mol. The van der Waals surface area contributed by atoms with Gasteiger partial charge in [-0.15, -0.1) is 0 Å². The van der Waals surface area contributed by atoms with Crippen molar-refractivity contribution >= 4 is 17.9 Å². The standard InChI is InChI=1S/C35H53N3O6/c1-7-26(25-17-12-9-13-18-25)30(31(39)29-19-14-20-43-29)38-33(41)27(21-23(2)3)36-32(40)28(22-24-15-10-8-11-16-24)37-34(42)44-35(4,5)6/h8,10-11,14-16,19-20,23,25-28,30-31,39H,7,9,12-13,17-18,21-22H2,1-6H3,(H,36,40)(H,37,42)(H,38,41)/t26?,27-,28-,30-,31-/m0/s1. The Labute approximate surface area is 262 Å². The third-order valence-corrected chi connectivity index (χ3v) is 8.30. The molecule has 2 aromatic rings. The van der Waals surface area contributed by atoms with Crippen molar-refractivity contribution in [3.63, 3.8) is 0 Å². The van der Waals surface area contributed by atoms with Crippen LogP contribution in [0.25, 0.3) is 0 Å². The molecule has 0 aliphatic heterocycles. The zero-order valence-corrected chi connectivity index (χ0v) is 27.3. The fraction of sp³-hybridized carbons (Fsp3) is 0.629. The summed E-state index contributed by atoms with van der Waals surface area (Å²) in [7, 11) is 0. The second kappa shape index (κ2) is 16.7. The molecule has 1 saturated carbocycles. The largest absolute Gasteiger partial charge is 0.467 e. The maximum Gasteiger partial charge on any atom is 0.408 e. The van der Waals surface area contributed by atoms with E-state index >= 15 is 0 Å². The van der Waals surface area contributed by atoms with Gasteiger partial charge in [0.25, 0.3) is 0 Å². The van der Waals surface area contributed by atoms with Gasteiger partial charge in [0.2, 0.25) is 11.8 Å². The topological polar surface area (TPSA) is 130 Å². The summed E-state index contributed by atoms with van der Waals surface area (Å²) in [5, 5.41) is 20.3. The van der Waals surface area contributed by atoms with Crippen molar-refractivity contribution in [1.29, 1.82) is 0 Å². The highest BCUT2D eigenvalue weighted by atomic mass is 16.6. The van der Waals surface area contributed by atoms with Crippen LogP contribution in [-0.4, -0.2) is 46.7 Å². The Morgan fingerprint density at radius 2 is 1.59 bits per heavy atom. The third kappa shape index (κ3) is 11.0. The lowest BCUT2D eigenvalue weighted by Gasteiger charge is -2.38. The lowest BCUT2D eigenvalue weighted by molar-refractivity contribution is -0.132. The molecule has 0 saturated heterocycles. The summed E-state index contributed by atoms with van der Waals surface area (Å²) < 4.78 is 11.0. The summed E-state index contributed by atoms with van der Waals surface area (Å²) in [5.41, 5.74) is 0.115. The number of aliphatic hydroxyl groups is 1. The lowest BCUT2D eigenvalue weighted by Crippen LogP contribution is -2.57. The van der Waals surface area contributed by atoms with Gasteiger partial charge >= 0.3 is 6.09 Å². The normalized spacial score (nSPS) is 17.6. The van der Waals surface area contributed by atoms with Crippen LogP contribution < -0.4 is 16.0 Å². The van der Waals surface area contributed by atoms with Crippen molar-refractivity contribution in [2.45, 2.75) is 123 Å². The predicted molar refractivity (Wildman–Crippen MR) is 171 cm³/mol. The summed E-state index contributed by atoms with van der Waals surface area (Å²) in [4.78, 5) is 40.5. The van der Waals surface area contributed by atoms with Crippen molar-refractivity contribution in [1.82, 2.24) is 16.0 Å². The minimum Gasteiger partial charge on any atom is -0.467 e. The number of hydrogen-bond donors (Lipinski definition) is 4. The molecular formula is C35H53N3O6. The molecule has 3 amide bonds. The van der Waals surface area contributed by atoms with E-state index in [0.29, 0.717) is 18.1 Å². The van der Waals surface area contributed by atoms with E-state index in [9.17, 15) is 19.5 Å². The molecule has 3 rings (SSSR count). The average molecular weight is 612 g/mol. The SMILES string of the molecule is CCC(C1CCCCC1)[C@H](NC(=O)[C@H](CC(C)C)NC(=O)[C@H](Cc1ccccc1)NC(=O)OC(C)(C)C)[C@@H](O)c1ccco1. The maximum atomic E-state index is 14.0. The first-order valence-corrected chi connectivity index (χ1v) is 16.2. The molecule has 1 heterocycles. The summed E-state index contributed by atoms with van der Waals surface area (Å²) in [6.07, 6.45) is 6.75. The molecule has 5 atom stereocenters. The molecule has 4 N–H and O–H groups in total. The zero-order chi connectivity index (χ0) is 32.3. The first-order valence-electron chi connectivity index (χ1n) is 16.2. The number of carbonyl (C=O) groups is 3. The second-order valence-electron chi connectivity index (χ2n) is 13.5. The lowest BCUT2D eigenvalue weighted by atomic mass is 9.73. The van der Waals surface area contributed by atoms with E-state index in [0.717, 1.165) is 37.7 Å². The molecule has 244 valence electrons. The van der Waals surface area contributed by atoms with Crippen molar-refractivity contribution in [2.24, 2.45) is 17.8 Å². The molecule has 1 aliphatic rings. The van der Waals surface area contributed by atoms with Crippen LogP contribution >= 0.6 is 0 Å². The number of aliphatic hydroxyl groups excluding tert-OH is 1. The predicted octanol–water partition coefficient (Wildman–Crippen LogP) is 6.07. The average Bonchev–Trinajstić information content (AvgIpc) is 3.51. The first-order chi connectivity index (χ1) is 20.9. The van der Waals surface area contributed by atoms with Gasteiger partial charge in [-0.25, -0.2) is 4.79 Å². The van der Waals surface area contributed by atoms with Gasteiger partial charge in [0.1, 0.15) is 29.5 Å². The minimum atomic E-state index is -1.03. The molecule has 1 aromatic heterocycles. The highest BCUT2D eigenvalue weighted by Crippen LogP contribution is 2.37. The van der Waals surface area contributed by atoms with E-state index in [1.54, 1.807) is 32.9 Å². The van der Waals surface area contributed by atoms with E-state index in [1.807, 2.05) is 44.2 Å². The number of carbonyl (C=O) groups excluding carboxylic acids is 3. The number of ether oxygens (including phenoxy) is 1. The highest BCUT2D eigenvalue weighted by Gasteiger charge is 2.38. The van der Waals surface area contributed by atoms with Gasteiger partial charge in [-0.1, -0.05) is 89.6 Å². The smallest absolute Gasteiger partial charge is 0.408 e. The monoisotopic (exact) mass is 611 g/mol. The molecule has 1 unspecified atom stereocenters. The maximum absolute atomic E-state index is 14.0. The van der Waals surface area contributed by atoms with Crippen LogP contribution in [0.4, 0.5) is 4.79 Å². The number of furan rings is 1. The number of nitrogens with one attached hydrogen (secondary N) is 3. The number of benzene rings is 1. The van der Waals surface area contributed by atoms with Crippen molar-refractivity contribution in [3.05, 3.63) is 60.1 Å². The van der Waals surface area contributed by atoms with Gasteiger partial charge in [0.15, 0.2) is 0 Å². The first kappa shape index (κ1) is 35.2. The van der Waals surface area contributed by atoms with Crippen molar-refractivity contribution in [2.75, 3.05) is 0 Å². The molecule has 0 radical (unpaired) electrons. The van der Waals surface area contributed by atoms with Crippen LogP contribution in [0.5, 0.6) is 0 Å². The molecule has 9 heteroatoms. The Kier molecular flexibility index (Phi) is 13.3. The third-order valence-electron chi connectivity index (χ3n) is 8.30. The van der Waals surface area contributed by atoms with Crippen molar-refractivity contribution < 1.29 is 28.6 Å². The molecule has 44 heavy (non-hydrogen) atoms. The van der Waals surface area contributed by atoms with Gasteiger partial charge in [0, 0.05) is 6.42 Å². The van der Waals surface area contributed by atoms with Crippen LogP contribution in [0.3, 0.4) is 0 Å². The Hall–Kier alpha value is -3.33. The Bertz CT molecular complexity index is 1150. The molecule has 9 nitrogen and oxygen atoms in total. The minimum absolute atomic E-state index is 0.0365. The zero-order valence-electron chi connectivity index (χ0n) is 27.3. The second-order valence-corrected chi connectivity index (χ2v) is 13.5. The van der Waals surface area contributed by atoms with Crippen LogP contribution in [0, 0.1) is 17.8 Å². The van der Waals surface area contributed by atoms with Crippen LogP contribution in [0.1, 0.15) is 104 Å². The van der Waals surface area contributed by atoms with E-state index < -0.39 is 41.8 Å². The molecule has 1 aromatic carbocycles. The van der Waals surface area contributed by atoms with E-state index in [-0.39, 0.29) is 24.2 Å². The molecule has 1 fully saturated rings. The molecule has 1 aliphatic carbocycles. The Balaban J connectivity index is 1.84.